The van der Waals surface area contributed by atoms with Crippen molar-refractivity contribution in [1.82, 2.24) is 0 Å². The molecule has 3 aromatic carbocycles. The van der Waals surface area contributed by atoms with Crippen molar-refractivity contribution in [2.24, 2.45) is 0 Å². The molecule has 0 saturated heterocycles. The van der Waals surface area contributed by atoms with Crippen LogP contribution in [0.15, 0.2) is 65.9 Å². The van der Waals surface area contributed by atoms with Crippen LogP contribution in [-0.2, 0) is 16.0 Å². The van der Waals surface area contributed by atoms with Gasteiger partial charge < -0.3 is 10.1 Å². The van der Waals surface area contributed by atoms with Gasteiger partial charge in [-0.25, -0.2) is 4.79 Å². The number of rotatable bonds is 1. The quantitative estimate of drug-likeness (QED) is 0.388. The maximum Gasteiger partial charge on any atom is 0.337 e. The van der Waals surface area contributed by atoms with Gasteiger partial charge in [-0.1, -0.05) is 59.6 Å². The van der Waals surface area contributed by atoms with Gasteiger partial charge in [-0.2, -0.15) is 0 Å². The topological polar surface area (TPSA) is 38.3 Å². The Hall–Kier alpha value is -2.75. The summed E-state index contributed by atoms with van der Waals surface area (Å²) in [5, 5.41) is 4.56. The molecule has 3 nitrogen and oxygen atoms in total. The summed E-state index contributed by atoms with van der Waals surface area (Å²) in [6.07, 6.45) is 0.829. The molecule has 0 amide bonds. The lowest BCUT2D eigenvalue weighted by atomic mass is 9.78. The summed E-state index contributed by atoms with van der Waals surface area (Å²) in [6.45, 7) is 0.257. The molecule has 0 spiro atoms. The minimum atomic E-state index is -0.290. The zero-order chi connectivity index (χ0) is 19.7. The number of cyclic esters (lactones) is 1. The Bertz CT molecular complexity index is 1260. The highest BCUT2D eigenvalue weighted by atomic mass is 35.5. The van der Waals surface area contributed by atoms with Crippen LogP contribution < -0.4 is 5.32 Å². The van der Waals surface area contributed by atoms with Gasteiger partial charge in [-0.15, -0.1) is 0 Å². The van der Waals surface area contributed by atoms with E-state index < -0.39 is 0 Å². The van der Waals surface area contributed by atoms with Crippen LogP contribution in [0, 0.1) is 0 Å². The molecular formula is C24H15Cl2NO2. The summed E-state index contributed by atoms with van der Waals surface area (Å²) in [7, 11) is 0. The van der Waals surface area contributed by atoms with Crippen LogP contribution >= 0.6 is 23.2 Å². The monoisotopic (exact) mass is 419 g/mol. The number of benzene rings is 3. The maximum atomic E-state index is 12.7. The van der Waals surface area contributed by atoms with Crippen molar-refractivity contribution in [3.8, 4) is 11.1 Å². The van der Waals surface area contributed by atoms with Crippen molar-refractivity contribution in [3.05, 3.63) is 98.2 Å². The highest BCUT2D eigenvalue weighted by Crippen LogP contribution is 2.51. The van der Waals surface area contributed by atoms with Gasteiger partial charge in [0.15, 0.2) is 0 Å². The Morgan fingerprint density at radius 1 is 1.00 bits per heavy atom. The third-order valence-corrected chi connectivity index (χ3v) is 6.62. The standard InChI is InChI=1S/C24H15Cl2NO2/c25-13-5-6-16(18(26)10-13)22-21-17-9-12-3-1-2-4-14(12)15(17)7-8-19(21)27-20-11-29-24(28)23(20)22/h1-8,10,22,27H,9,11H2. The van der Waals surface area contributed by atoms with Crippen molar-refractivity contribution >= 4 is 34.9 Å². The lowest BCUT2D eigenvalue weighted by Gasteiger charge is -2.30. The first kappa shape index (κ1) is 17.1. The molecule has 142 valence electrons. The van der Waals surface area contributed by atoms with E-state index in [0.717, 1.165) is 28.9 Å². The highest BCUT2D eigenvalue weighted by molar-refractivity contribution is 6.35. The Balaban J connectivity index is 1.64. The molecule has 6 rings (SSSR count). The summed E-state index contributed by atoms with van der Waals surface area (Å²) >= 11 is 12.8. The molecule has 3 aromatic rings. The predicted octanol–water partition coefficient (Wildman–Crippen LogP) is 5.93. The van der Waals surface area contributed by atoms with Crippen LogP contribution in [0.4, 0.5) is 5.69 Å². The second-order valence-electron chi connectivity index (χ2n) is 7.58. The fraction of sp³-hybridized carbons (Fsp3) is 0.125. The number of carbonyl (C=O) groups excluding carboxylic acids is 1. The summed E-state index contributed by atoms with van der Waals surface area (Å²) in [5.74, 6) is -0.576. The van der Waals surface area contributed by atoms with E-state index in [2.05, 4.69) is 41.7 Å². The van der Waals surface area contributed by atoms with Crippen LogP contribution in [0.25, 0.3) is 11.1 Å². The molecule has 1 N–H and O–H groups in total. The average Bonchev–Trinajstić information content (AvgIpc) is 3.27. The molecule has 1 aliphatic carbocycles. The van der Waals surface area contributed by atoms with Gasteiger partial charge in [0.1, 0.15) is 6.61 Å². The highest BCUT2D eigenvalue weighted by Gasteiger charge is 2.41. The first-order valence-electron chi connectivity index (χ1n) is 9.48. The van der Waals surface area contributed by atoms with Crippen LogP contribution in [0.2, 0.25) is 10.0 Å². The van der Waals surface area contributed by atoms with E-state index in [4.69, 9.17) is 27.9 Å². The molecule has 0 aromatic heterocycles. The minimum Gasteiger partial charge on any atom is -0.456 e. The normalized spacial score (nSPS) is 18.6. The average molecular weight is 420 g/mol. The largest absolute Gasteiger partial charge is 0.456 e. The Kier molecular flexibility index (Phi) is 3.62. The smallest absolute Gasteiger partial charge is 0.337 e. The van der Waals surface area contributed by atoms with E-state index in [1.807, 2.05) is 12.1 Å². The predicted molar refractivity (Wildman–Crippen MR) is 115 cm³/mol. The number of hydrogen-bond donors (Lipinski definition) is 1. The van der Waals surface area contributed by atoms with E-state index in [0.29, 0.717) is 15.6 Å². The number of hydrogen-bond acceptors (Lipinski definition) is 3. The number of esters is 1. The molecule has 2 aliphatic heterocycles. The molecule has 1 atom stereocenters. The zero-order valence-electron chi connectivity index (χ0n) is 15.3. The molecule has 0 saturated carbocycles. The van der Waals surface area contributed by atoms with Crippen molar-refractivity contribution < 1.29 is 9.53 Å². The van der Waals surface area contributed by atoms with Gasteiger partial charge >= 0.3 is 5.97 Å². The molecule has 29 heavy (non-hydrogen) atoms. The lowest BCUT2D eigenvalue weighted by Crippen LogP contribution is -2.21. The van der Waals surface area contributed by atoms with Crippen LogP contribution in [0.1, 0.15) is 28.2 Å². The van der Waals surface area contributed by atoms with Crippen LogP contribution in [0.3, 0.4) is 0 Å². The van der Waals surface area contributed by atoms with Gasteiger partial charge in [0.25, 0.3) is 0 Å². The minimum absolute atomic E-state index is 0.257. The van der Waals surface area contributed by atoms with Crippen molar-refractivity contribution in [1.29, 1.82) is 0 Å². The molecule has 0 bridgehead atoms. The van der Waals surface area contributed by atoms with Gasteiger partial charge in [0.2, 0.25) is 0 Å². The van der Waals surface area contributed by atoms with Gasteiger partial charge in [0, 0.05) is 21.7 Å². The number of ether oxygens (including phenoxy) is 1. The van der Waals surface area contributed by atoms with Gasteiger partial charge in [-0.3, -0.25) is 0 Å². The van der Waals surface area contributed by atoms with E-state index in [1.165, 1.54) is 22.3 Å². The number of carbonyl (C=O) groups is 1. The molecule has 2 heterocycles. The van der Waals surface area contributed by atoms with Crippen molar-refractivity contribution in [3.63, 3.8) is 0 Å². The van der Waals surface area contributed by atoms with Crippen molar-refractivity contribution in [2.45, 2.75) is 12.3 Å². The zero-order valence-corrected chi connectivity index (χ0v) is 16.8. The van der Waals surface area contributed by atoms with Crippen LogP contribution in [-0.4, -0.2) is 12.6 Å². The third-order valence-electron chi connectivity index (χ3n) is 6.06. The van der Waals surface area contributed by atoms with E-state index >= 15 is 0 Å². The number of halogens is 2. The summed E-state index contributed by atoms with van der Waals surface area (Å²) in [6, 6.07) is 18.2. The van der Waals surface area contributed by atoms with E-state index in [1.54, 1.807) is 6.07 Å². The second kappa shape index (κ2) is 6.12. The molecule has 1 unspecified atom stereocenters. The Labute approximate surface area is 177 Å². The van der Waals surface area contributed by atoms with Gasteiger partial charge in [0.05, 0.1) is 11.3 Å². The number of anilines is 1. The second-order valence-corrected chi connectivity index (χ2v) is 8.42. The summed E-state index contributed by atoms with van der Waals surface area (Å²) < 4.78 is 5.38. The van der Waals surface area contributed by atoms with E-state index in [9.17, 15) is 4.79 Å². The Morgan fingerprint density at radius 3 is 2.72 bits per heavy atom. The van der Waals surface area contributed by atoms with Gasteiger partial charge in [-0.05, 0) is 58.0 Å². The molecule has 5 heteroatoms. The van der Waals surface area contributed by atoms with E-state index in [-0.39, 0.29) is 18.5 Å². The van der Waals surface area contributed by atoms with Crippen LogP contribution in [0.5, 0.6) is 0 Å². The Morgan fingerprint density at radius 2 is 1.86 bits per heavy atom. The fourth-order valence-electron chi connectivity index (χ4n) is 4.84. The fourth-order valence-corrected chi connectivity index (χ4v) is 5.36. The lowest BCUT2D eigenvalue weighted by molar-refractivity contribution is -0.136. The summed E-state index contributed by atoms with van der Waals surface area (Å²) in [5.41, 5.74) is 9.43. The third kappa shape index (κ3) is 2.41. The molecule has 0 fully saturated rings. The number of fused-ring (bicyclic) bond motifs is 5. The molecular weight excluding hydrogens is 405 g/mol. The first-order valence-corrected chi connectivity index (χ1v) is 10.2. The number of nitrogens with one attached hydrogen (secondary N) is 1. The maximum absolute atomic E-state index is 12.7. The SMILES string of the molecule is O=C1OCC2=C1C(c1ccc(Cl)cc1Cl)c1c(ccc3c1Cc1ccccc1-3)N2. The first-order chi connectivity index (χ1) is 14.1. The van der Waals surface area contributed by atoms with Crippen molar-refractivity contribution in [2.75, 3.05) is 11.9 Å². The molecule has 0 radical (unpaired) electrons. The summed E-state index contributed by atoms with van der Waals surface area (Å²) in [4.78, 5) is 12.7. The molecule has 3 aliphatic rings.